The van der Waals surface area contributed by atoms with Gasteiger partial charge in [-0.3, -0.25) is 4.79 Å². The molecule has 5 rings (SSSR count). The van der Waals surface area contributed by atoms with Crippen LogP contribution in [0.1, 0.15) is 36.1 Å². The molecule has 1 aromatic carbocycles. The Morgan fingerprint density at radius 3 is 3.03 bits per heavy atom. The molecule has 1 atom stereocenters. The Balaban J connectivity index is 1.21. The van der Waals surface area contributed by atoms with E-state index in [1.54, 1.807) is 22.7 Å². The highest BCUT2D eigenvalue weighted by molar-refractivity contribution is 7.18. The molecule has 4 heterocycles. The van der Waals surface area contributed by atoms with Crippen LogP contribution < -0.4 is 0 Å². The Bertz CT molecular complexity index is 1090. The van der Waals surface area contributed by atoms with Crippen molar-refractivity contribution >= 4 is 38.8 Å². The molecule has 1 amide bonds. The van der Waals surface area contributed by atoms with Crippen molar-refractivity contribution in [3.05, 3.63) is 52.0 Å². The number of carbonyl (C=O) groups is 1. The molecule has 0 aliphatic carbocycles. The van der Waals surface area contributed by atoms with E-state index in [0.29, 0.717) is 30.5 Å². The van der Waals surface area contributed by atoms with Crippen LogP contribution >= 0.6 is 22.7 Å². The molecule has 0 N–H and O–H groups in total. The lowest BCUT2D eigenvalue weighted by atomic mass is 9.98. The van der Waals surface area contributed by atoms with Gasteiger partial charge in [0.1, 0.15) is 0 Å². The first-order valence-electron chi connectivity index (χ1n) is 9.74. The molecular weight excluding hydrogens is 404 g/mol. The summed E-state index contributed by atoms with van der Waals surface area (Å²) in [5, 5.41) is 9.11. The molecule has 8 heteroatoms. The number of fused-ring (bicyclic) bond motifs is 1. The van der Waals surface area contributed by atoms with E-state index in [1.807, 2.05) is 33.9 Å². The van der Waals surface area contributed by atoms with Crippen LogP contribution in [0.4, 0.5) is 0 Å². The summed E-state index contributed by atoms with van der Waals surface area (Å²) in [6, 6.07) is 10.2. The summed E-state index contributed by atoms with van der Waals surface area (Å²) >= 11 is 3.34. The number of likely N-dealkylation sites (tertiary alicyclic amines) is 1. The van der Waals surface area contributed by atoms with Crippen LogP contribution in [0.5, 0.6) is 0 Å². The second-order valence-electron chi connectivity index (χ2n) is 7.22. The van der Waals surface area contributed by atoms with E-state index in [4.69, 9.17) is 9.51 Å². The van der Waals surface area contributed by atoms with Gasteiger partial charge in [-0.1, -0.05) is 17.3 Å². The monoisotopic (exact) mass is 424 g/mol. The summed E-state index contributed by atoms with van der Waals surface area (Å²) in [4.78, 5) is 24.0. The van der Waals surface area contributed by atoms with Crippen molar-refractivity contribution in [2.45, 2.75) is 31.6 Å². The average Bonchev–Trinajstić information content (AvgIpc) is 3.52. The highest BCUT2D eigenvalue weighted by atomic mass is 32.1. The number of para-hydroxylation sites is 1. The largest absolute Gasteiger partial charge is 0.342 e. The predicted octanol–water partition coefficient (Wildman–Crippen LogP) is 4.75. The van der Waals surface area contributed by atoms with Crippen LogP contribution in [-0.2, 0) is 11.2 Å². The SMILES string of the molecule is O=C(CCc1nc(-c2ccsc2)no1)N1CCC[C@@H](c2nc3ccccc3s2)C1. The van der Waals surface area contributed by atoms with E-state index in [2.05, 4.69) is 22.3 Å². The van der Waals surface area contributed by atoms with Crippen LogP contribution in [0.15, 0.2) is 45.6 Å². The van der Waals surface area contributed by atoms with Gasteiger partial charge in [-0.25, -0.2) is 4.98 Å². The van der Waals surface area contributed by atoms with Crippen LogP contribution in [-0.4, -0.2) is 39.0 Å². The highest BCUT2D eigenvalue weighted by Crippen LogP contribution is 2.33. The van der Waals surface area contributed by atoms with Crippen molar-refractivity contribution in [2.75, 3.05) is 13.1 Å². The number of amides is 1. The summed E-state index contributed by atoms with van der Waals surface area (Å²) in [5.41, 5.74) is 2.00. The summed E-state index contributed by atoms with van der Waals surface area (Å²) in [5.74, 6) is 1.56. The molecule has 1 fully saturated rings. The summed E-state index contributed by atoms with van der Waals surface area (Å²) in [6.45, 7) is 1.55. The van der Waals surface area contributed by atoms with Crippen molar-refractivity contribution in [1.29, 1.82) is 0 Å². The van der Waals surface area contributed by atoms with Gasteiger partial charge in [0, 0.05) is 42.8 Å². The molecule has 0 saturated carbocycles. The number of aryl methyl sites for hydroxylation is 1. The summed E-state index contributed by atoms with van der Waals surface area (Å²) < 4.78 is 6.53. The lowest BCUT2D eigenvalue weighted by Crippen LogP contribution is -2.39. The number of aromatic nitrogens is 3. The van der Waals surface area contributed by atoms with Crippen LogP contribution in [0.2, 0.25) is 0 Å². The number of nitrogens with zero attached hydrogens (tertiary/aromatic N) is 4. The number of hydrogen-bond donors (Lipinski definition) is 0. The van der Waals surface area contributed by atoms with Gasteiger partial charge in [0.05, 0.1) is 15.2 Å². The zero-order valence-electron chi connectivity index (χ0n) is 15.8. The van der Waals surface area contributed by atoms with E-state index < -0.39 is 0 Å². The number of carbonyl (C=O) groups excluding carboxylic acids is 1. The smallest absolute Gasteiger partial charge is 0.227 e. The quantitative estimate of drug-likeness (QED) is 0.462. The van der Waals surface area contributed by atoms with Crippen LogP contribution in [0.25, 0.3) is 21.6 Å². The molecule has 0 unspecified atom stereocenters. The van der Waals surface area contributed by atoms with Gasteiger partial charge < -0.3 is 9.42 Å². The van der Waals surface area contributed by atoms with Crippen molar-refractivity contribution < 1.29 is 9.32 Å². The van der Waals surface area contributed by atoms with Gasteiger partial charge in [-0.2, -0.15) is 16.3 Å². The minimum absolute atomic E-state index is 0.145. The lowest BCUT2D eigenvalue weighted by Gasteiger charge is -2.31. The predicted molar refractivity (Wildman–Crippen MR) is 114 cm³/mol. The number of thiophene rings is 1. The summed E-state index contributed by atoms with van der Waals surface area (Å²) in [6.07, 6.45) is 2.95. The van der Waals surface area contributed by atoms with Gasteiger partial charge in [0.15, 0.2) is 0 Å². The first-order valence-corrected chi connectivity index (χ1v) is 11.5. The maximum absolute atomic E-state index is 12.8. The molecule has 4 aromatic rings. The second-order valence-corrected chi connectivity index (χ2v) is 9.06. The molecular formula is C21H20N4O2S2. The Kier molecular flexibility index (Phi) is 5.12. The number of hydrogen-bond acceptors (Lipinski definition) is 7. The molecule has 1 aliphatic rings. The fourth-order valence-corrected chi connectivity index (χ4v) is 5.43. The Morgan fingerprint density at radius 2 is 2.17 bits per heavy atom. The molecule has 6 nitrogen and oxygen atoms in total. The van der Waals surface area contributed by atoms with Crippen LogP contribution in [0.3, 0.4) is 0 Å². The van der Waals surface area contributed by atoms with E-state index in [0.717, 1.165) is 42.0 Å². The van der Waals surface area contributed by atoms with Gasteiger partial charge >= 0.3 is 0 Å². The molecule has 29 heavy (non-hydrogen) atoms. The second kappa shape index (κ2) is 8.04. The third-order valence-electron chi connectivity index (χ3n) is 5.23. The Morgan fingerprint density at radius 1 is 1.24 bits per heavy atom. The lowest BCUT2D eigenvalue weighted by molar-refractivity contribution is -0.132. The molecule has 148 valence electrons. The first kappa shape index (κ1) is 18.4. The number of piperidine rings is 1. The van der Waals surface area contributed by atoms with Gasteiger partial charge in [0.2, 0.25) is 17.6 Å². The van der Waals surface area contributed by atoms with Crippen molar-refractivity contribution in [3.63, 3.8) is 0 Å². The van der Waals surface area contributed by atoms with Gasteiger partial charge in [-0.15, -0.1) is 11.3 Å². The standard InChI is InChI=1S/C21H20N4O2S2/c26-19(8-7-18-23-20(24-27-18)15-9-11-28-13-15)25-10-3-4-14(12-25)21-22-16-5-1-2-6-17(16)29-21/h1-2,5-6,9,11,13-14H,3-4,7-8,10,12H2/t14-/m1/s1. The molecule has 1 saturated heterocycles. The summed E-state index contributed by atoms with van der Waals surface area (Å²) in [7, 11) is 0. The topological polar surface area (TPSA) is 72.1 Å². The number of benzene rings is 1. The fourth-order valence-electron chi connectivity index (χ4n) is 3.71. The molecule has 0 bridgehead atoms. The van der Waals surface area contributed by atoms with Gasteiger partial charge in [-0.05, 0) is 36.4 Å². The van der Waals surface area contributed by atoms with E-state index in [-0.39, 0.29) is 5.91 Å². The zero-order valence-corrected chi connectivity index (χ0v) is 17.4. The third-order valence-corrected chi connectivity index (χ3v) is 7.12. The normalized spacial score (nSPS) is 17.1. The average molecular weight is 425 g/mol. The van der Waals surface area contributed by atoms with E-state index >= 15 is 0 Å². The number of rotatable bonds is 5. The third kappa shape index (κ3) is 3.95. The molecule has 1 aliphatic heterocycles. The number of thiazole rings is 1. The molecule has 0 radical (unpaired) electrons. The maximum Gasteiger partial charge on any atom is 0.227 e. The minimum atomic E-state index is 0.145. The molecule has 3 aromatic heterocycles. The fraction of sp³-hybridized carbons (Fsp3) is 0.333. The van der Waals surface area contributed by atoms with Crippen molar-refractivity contribution in [2.24, 2.45) is 0 Å². The maximum atomic E-state index is 12.8. The van der Waals surface area contributed by atoms with E-state index in [9.17, 15) is 4.79 Å². The first-order chi connectivity index (χ1) is 14.3. The molecule has 0 spiro atoms. The van der Waals surface area contributed by atoms with E-state index in [1.165, 1.54) is 4.70 Å². The Hall–Kier alpha value is -2.58. The highest BCUT2D eigenvalue weighted by Gasteiger charge is 2.27. The Labute approximate surface area is 176 Å². The van der Waals surface area contributed by atoms with Gasteiger partial charge in [0.25, 0.3) is 0 Å². The van der Waals surface area contributed by atoms with Crippen LogP contribution in [0, 0.1) is 0 Å². The van der Waals surface area contributed by atoms with Crippen molar-refractivity contribution in [3.8, 4) is 11.4 Å². The zero-order chi connectivity index (χ0) is 19.6. The van der Waals surface area contributed by atoms with Crippen molar-refractivity contribution in [1.82, 2.24) is 20.0 Å². The minimum Gasteiger partial charge on any atom is -0.342 e.